The van der Waals surface area contributed by atoms with Crippen LogP contribution in [-0.4, -0.2) is 28.6 Å². The zero-order valence-corrected chi connectivity index (χ0v) is 19.3. The Morgan fingerprint density at radius 1 is 1.06 bits per heavy atom. The Kier molecular flexibility index (Phi) is 6.05. The lowest BCUT2D eigenvalue weighted by Gasteiger charge is -2.17. The smallest absolute Gasteiger partial charge is 0.227 e. The number of nitrogens with zero attached hydrogens (tertiary/aromatic N) is 3. The van der Waals surface area contributed by atoms with Gasteiger partial charge >= 0.3 is 0 Å². The number of carbonyl (C=O) groups is 1. The Bertz CT molecular complexity index is 1280. The second-order valence-corrected chi connectivity index (χ2v) is 8.95. The van der Waals surface area contributed by atoms with Crippen molar-refractivity contribution in [2.24, 2.45) is 0 Å². The third-order valence-electron chi connectivity index (χ3n) is 6.10. The van der Waals surface area contributed by atoms with Gasteiger partial charge in [-0.2, -0.15) is 0 Å². The van der Waals surface area contributed by atoms with E-state index in [2.05, 4.69) is 23.6 Å². The summed E-state index contributed by atoms with van der Waals surface area (Å²) in [5.74, 6) is 2.02. The summed E-state index contributed by atoms with van der Waals surface area (Å²) in [4.78, 5) is 19.6. The molecule has 1 atom stereocenters. The highest BCUT2D eigenvalue weighted by atomic mass is 35.5. The topological polar surface area (TPSA) is 47.4 Å². The first kappa shape index (κ1) is 21.5. The van der Waals surface area contributed by atoms with Crippen molar-refractivity contribution in [1.29, 1.82) is 0 Å². The Morgan fingerprint density at radius 3 is 2.70 bits per heavy atom. The number of benzene rings is 3. The Hall–Kier alpha value is -3.31. The number of aromatic nitrogens is 2. The molecule has 1 aliphatic heterocycles. The van der Waals surface area contributed by atoms with Crippen LogP contribution in [0.25, 0.3) is 11.0 Å². The number of carbonyl (C=O) groups excluding carboxylic acids is 1. The zero-order chi connectivity index (χ0) is 22.8. The van der Waals surface area contributed by atoms with Crippen molar-refractivity contribution in [3.63, 3.8) is 0 Å². The number of anilines is 1. The number of fused-ring (bicyclic) bond motifs is 1. The van der Waals surface area contributed by atoms with Gasteiger partial charge < -0.3 is 14.2 Å². The number of hydrogen-bond acceptors (Lipinski definition) is 3. The molecule has 0 aliphatic carbocycles. The van der Waals surface area contributed by atoms with Crippen molar-refractivity contribution >= 4 is 34.2 Å². The molecule has 1 aliphatic rings. The second kappa shape index (κ2) is 9.28. The van der Waals surface area contributed by atoms with Gasteiger partial charge in [0.1, 0.15) is 11.6 Å². The molecule has 168 valence electrons. The minimum atomic E-state index is 0.0401. The van der Waals surface area contributed by atoms with Gasteiger partial charge in [-0.25, -0.2) is 4.98 Å². The average molecular weight is 460 g/mol. The maximum atomic E-state index is 12.9. The summed E-state index contributed by atoms with van der Waals surface area (Å²) in [5.41, 5.74) is 4.12. The molecule has 1 amide bonds. The summed E-state index contributed by atoms with van der Waals surface area (Å²) < 4.78 is 8.22. The van der Waals surface area contributed by atoms with Crippen LogP contribution >= 0.6 is 11.6 Å². The van der Waals surface area contributed by atoms with Crippen LogP contribution in [0.5, 0.6) is 5.75 Å². The number of para-hydroxylation sites is 2. The number of aryl methyl sites for hydroxylation is 2. The SMILES string of the molecule is Cc1cccc(OCCCn2c(C3CC(=O)N(c4ccc(Cl)cc4)C3)nc3ccccc32)c1. The summed E-state index contributed by atoms with van der Waals surface area (Å²) in [7, 11) is 0. The molecule has 0 N–H and O–H groups in total. The van der Waals surface area contributed by atoms with E-state index in [1.807, 2.05) is 65.6 Å². The van der Waals surface area contributed by atoms with E-state index in [4.69, 9.17) is 21.3 Å². The number of hydrogen-bond donors (Lipinski definition) is 0. The molecule has 5 nitrogen and oxygen atoms in total. The van der Waals surface area contributed by atoms with Crippen LogP contribution in [0.3, 0.4) is 0 Å². The van der Waals surface area contributed by atoms with Crippen LogP contribution in [0.2, 0.25) is 5.02 Å². The molecular weight excluding hydrogens is 434 g/mol. The molecule has 6 heteroatoms. The minimum Gasteiger partial charge on any atom is -0.494 e. The number of ether oxygens (including phenoxy) is 1. The third kappa shape index (κ3) is 4.60. The first-order valence-corrected chi connectivity index (χ1v) is 11.7. The zero-order valence-electron chi connectivity index (χ0n) is 18.6. The van der Waals surface area contributed by atoms with Crippen LogP contribution in [0, 0.1) is 6.92 Å². The molecule has 1 fully saturated rings. The standard InChI is InChI=1S/C27H26ClN3O2/c1-19-6-4-7-23(16-19)33-15-5-14-30-25-9-3-2-8-24(25)29-27(30)20-17-26(32)31(18-20)22-12-10-21(28)11-13-22/h2-4,6-13,16,20H,5,14-15,17-18H2,1H3. The minimum absolute atomic E-state index is 0.0401. The first-order valence-electron chi connectivity index (χ1n) is 11.3. The Labute approximate surface area is 198 Å². The molecule has 1 unspecified atom stereocenters. The predicted molar refractivity (Wildman–Crippen MR) is 132 cm³/mol. The molecular formula is C27H26ClN3O2. The highest BCUT2D eigenvalue weighted by molar-refractivity contribution is 6.30. The molecule has 5 rings (SSSR count). The van der Waals surface area contributed by atoms with E-state index < -0.39 is 0 Å². The van der Waals surface area contributed by atoms with Gasteiger partial charge in [-0.3, -0.25) is 4.79 Å². The average Bonchev–Trinajstić information content (AvgIpc) is 3.38. The fourth-order valence-electron chi connectivity index (χ4n) is 4.51. The van der Waals surface area contributed by atoms with E-state index in [0.29, 0.717) is 24.6 Å². The van der Waals surface area contributed by atoms with Crippen molar-refractivity contribution < 1.29 is 9.53 Å². The summed E-state index contributed by atoms with van der Waals surface area (Å²) in [5, 5.41) is 0.664. The molecule has 3 aromatic carbocycles. The van der Waals surface area contributed by atoms with Gasteiger partial charge in [-0.15, -0.1) is 0 Å². The highest BCUT2D eigenvalue weighted by Crippen LogP contribution is 2.33. The molecule has 0 spiro atoms. The molecule has 2 heterocycles. The van der Waals surface area contributed by atoms with Crippen molar-refractivity contribution in [2.45, 2.75) is 32.2 Å². The van der Waals surface area contributed by atoms with Gasteiger partial charge in [0.05, 0.1) is 17.6 Å². The maximum absolute atomic E-state index is 12.9. The van der Waals surface area contributed by atoms with Crippen molar-refractivity contribution in [1.82, 2.24) is 9.55 Å². The van der Waals surface area contributed by atoms with Gasteiger partial charge in [0.15, 0.2) is 0 Å². The fraction of sp³-hybridized carbons (Fsp3) is 0.259. The van der Waals surface area contributed by atoms with Crippen LogP contribution in [0.1, 0.15) is 30.1 Å². The molecule has 1 saturated heterocycles. The fourth-order valence-corrected chi connectivity index (χ4v) is 4.64. The molecule has 0 radical (unpaired) electrons. The van der Waals surface area contributed by atoms with E-state index in [0.717, 1.165) is 41.3 Å². The van der Waals surface area contributed by atoms with Gasteiger partial charge in [-0.1, -0.05) is 35.9 Å². The molecule has 4 aromatic rings. The first-order chi connectivity index (χ1) is 16.1. The number of imidazole rings is 1. The number of amides is 1. The lowest BCUT2D eigenvalue weighted by atomic mass is 10.1. The highest BCUT2D eigenvalue weighted by Gasteiger charge is 2.34. The summed E-state index contributed by atoms with van der Waals surface area (Å²) in [6.07, 6.45) is 1.30. The Morgan fingerprint density at radius 2 is 1.88 bits per heavy atom. The van der Waals surface area contributed by atoms with Gasteiger partial charge in [0.2, 0.25) is 5.91 Å². The summed E-state index contributed by atoms with van der Waals surface area (Å²) in [6.45, 7) is 4.08. The van der Waals surface area contributed by atoms with Crippen LogP contribution in [0.15, 0.2) is 72.8 Å². The second-order valence-electron chi connectivity index (χ2n) is 8.51. The van der Waals surface area contributed by atoms with Crippen LogP contribution in [0.4, 0.5) is 5.69 Å². The quantitative estimate of drug-likeness (QED) is 0.319. The normalized spacial score (nSPS) is 16.0. The molecule has 33 heavy (non-hydrogen) atoms. The van der Waals surface area contributed by atoms with E-state index in [1.165, 1.54) is 5.56 Å². The van der Waals surface area contributed by atoms with E-state index in [-0.39, 0.29) is 11.8 Å². The van der Waals surface area contributed by atoms with E-state index in [9.17, 15) is 4.79 Å². The third-order valence-corrected chi connectivity index (χ3v) is 6.35. The van der Waals surface area contributed by atoms with Crippen LogP contribution < -0.4 is 9.64 Å². The lowest BCUT2D eigenvalue weighted by Crippen LogP contribution is -2.24. The largest absolute Gasteiger partial charge is 0.494 e. The Balaban J connectivity index is 1.34. The van der Waals surface area contributed by atoms with E-state index >= 15 is 0 Å². The predicted octanol–water partition coefficient (Wildman–Crippen LogP) is 5.99. The van der Waals surface area contributed by atoms with Gasteiger partial charge in [0, 0.05) is 36.1 Å². The van der Waals surface area contributed by atoms with Crippen molar-refractivity contribution in [3.05, 3.63) is 89.2 Å². The summed E-state index contributed by atoms with van der Waals surface area (Å²) >= 11 is 6.03. The van der Waals surface area contributed by atoms with Gasteiger partial charge in [-0.05, 0) is 67.4 Å². The number of rotatable bonds is 7. The molecule has 0 bridgehead atoms. The van der Waals surface area contributed by atoms with Crippen molar-refractivity contribution in [3.8, 4) is 5.75 Å². The molecule has 1 aromatic heterocycles. The summed E-state index contributed by atoms with van der Waals surface area (Å²) in [6, 6.07) is 23.7. The maximum Gasteiger partial charge on any atom is 0.227 e. The molecule has 0 saturated carbocycles. The van der Waals surface area contributed by atoms with Crippen LogP contribution in [-0.2, 0) is 11.3 Å². The van der Waals surface area contributed by atoms with Gasteiger partial charge in [0.25, 0.3) is 0 Å². The monoisotopic (exact) mass is 459 g/mol. The van der Waals surface area contributed by atoms with Crippen molar-refractivity contribution in [2.75, 3.05) is 18.1 Å². The lowest BCUT2D eigenvalue weighted by molar-refractivity contribution is -0.117. The van der Waals surface area contributed by atoms with E-state index in [1.54, 1.807) is 0 Å². The number of halogens is 1.